The summed E-state index contributed by atoms with van der Waals surface area (Å²) in [5.41, 5.74) is 1.27. The van der Waals surface area contributed by atoms with Crippen molar-refractivity contribution in [3.8, 4) is 0 Å². The van der Waals surface area contributed by atoms with E-state index in [4.69, 9.17) is 0 Å². The molecule has 0 saturated carbocycles. The summed E-state index contributed by atoms with van der Waals surface area (Å²) in [6, 6.07) is 9.35. The van der Waals surface area contributed by atoms with Crippen molar-refractivity contribution >= 4 is 54.8 Å². The van der Waals surface area contributed by atoms with Crippen molar-refractivity contribution in [1.82, 2.24) is 0 Å². The number of hydrogen-bond acceptors (Lipinski definition) is 10. The van der Waals surface area contributed by atoms with Crippen LogP contribution in [-0.4, -0.2) is 49.2 Å². The first-order valence-corrected chi connectivity index (χ1v) is 12.7. The van der Waals surface area contributed by atoms with Crippen molar-refractivity contribution in [2.75, 3.05) is 10.0 Å². The fourth-order valence-corrected chi connectivity index (χ4v) is 4.46. The average Bonchev–Trinajstić information content (AvgIpc) is 3.23. The van der Waals surface area contributed by atoms with Crippen LogP contribution in [0, 0.1) is 5.92 Å². The molecule has 1 atom stereocenters. The SMILES string of the molecule is CC1=NN(c2ccc(S(=O)(=O)[O-])cc2)C(=O)/C1=C/C1C(=O)N(c2ccc(S(=O)(=O)[O-])cc2)N=C1C.[K+].[K+]. The summed E-state index contributed by atoms with van der Waals surface area (Å²) >= 11 is 0. The van der Waals surface area contributed by atoms with Crippen molar-refractivity contribution in [2.45, 2.75) is 23.6 Å². The molecule has 0 aromatic heterocycles. The maximum Gasteiger partial charge on any atom is 1.00 e. The zero-order valence-corrected chi connectivity index (χ0v) is 28.0. The number of amides is 2. The Morgan fingerprint density at radius 1 is 0.757 bits per heavy atom. The summed E-state index contributed by atoms with van der Waals surface area (Å²) in [6.45, 7) is 3.15. The monoisotopic (exact) mass is 594 g/mol. The molecule has 12 nitrogen and oxygen atoms in total. The molecule has 0 saturated heterocycles. The van der Waals surface area contributed by atoms with Gasteiger partial charge in [-0.3, -0.25) is 9.59 Å². The number of hydrogen-bond donors (Lipinski definition) is 0. The maximum atomic E-state index is 13.0. The van der Waals surface area contributed by atoms with E-state index < -0.39 is 47.8 Å². The van der Waals surface area contributed by atoms with E-state index in [1.165, 1.54) is 30.3 Å². The van der Waals surface area contributed by atoms with Gasteiger partial charge in [0.2, 0.25) is 0 Å². The summed E-state index contributed by atoms with van der Waals surface area (Å²) in [5.74, 6) is -1.98. The molecule has 1 unspecified atom stereocenters. The van der Waals surface area contributed by atoms with Gasteiger partial charge >= 0.3 is 103 Å². The van der Waals surface area contributed by atoms with Gasteiger partial charge in [0.15, 0.2) is 0 Å². The molecule has 0 spiro atoms. The summed E-state index contributed by atoms with van der Waals surface area (Å²) < 4.78 is 66.7. The van der Waals surface area contributed by atoms with Crippen LogP contribution >= 0.6 is 0 Å². The Balaban J connectivity index is 0.00000241. The molecule has 0 bridgehead atoms. The molecule has 2 aliphatic rings. The van der Waals surface area contributed by atoms with Gasteiger partial charge in [0.05, 0.1) is 44.1 Å². The van der Waals surface area contributed by atoms with Crippen LogP contribution in [0.2, 0.25) is 0 Å². The van der Waals surface area contributed by atoms with E-state index in [9.17, 15) is 35.5 Å². The molecular formula is C21H16K2N4O8S2. The van der Waals surface area contributed by atoms with Gasteiger partial charge in [0, 0.05) is 0 Å². The summed E-state index contributed by atoms with van der Waals surface area (Å²) in [6.07, 6.45) is 1.41. The largest absolute Gasteiger partial charge is 1.00 e. The van der Waals surface area contributed by atoms with Crippen LogP contribution in [0.4, 0.5) is 11.4 Å². The minimum Gasteiger partial charge on any atom is -0.744 e. The van der Waals surface area contributed by atoms with Crippen molar-refractivity contribution in [3.05, 3.63) is 60.2 Å². The van der Waals surface area contributed by atoms with E-state index in [2.05, 4.69) is 10.2 Å². The molecule has 16 heteroatoms. The summed E-state index contributed by atoms with van der Waals surface area (Å²) in [7, 11) is -9.29. The van der Waals surface area contributed by atoms with Crippen LogP contribution in [-0.2, 0) is 29.8 Å². The number of anilines is 2. The van der Waals surface area contributed by atoms with E-state index in [1.807, 2.05) is 0 Å². The third kappa shape index (κ3) is 7.01. The molecule has 37 heavy (non-hydrogen) atoms. The topological polar surface area (TPSA) is 180 Å². The zero-order chi connectivity index (χ0) is 25.7. The van der Waals surface area contributed by atoms with E-state index in [0.717, 1.165) is 34.3 Å². The van der Waals surface area contributed by atoms with E-state index >= 15 is 0 Å². The normalized spacial score (nSPS) is 18.9. The van der Waals surface area contributed by atoms with Gasteiger partial charge in [-0.15, -0.1) is 0 Å². The second-order valence-corrected chi connectivity index (χ2v) is 10.4. The Morgan fingerprint density at radius 2 is 1.19 bits per heavy atom. The van der Waals surface area contributed by atoms with Gasteiger partial charge < -0.3 is 9.11 Å². The number of rotatable bonds is 5. The van der Waals surface area contributed by atoms with E-state index in [1.54, 1.807) is 13.8 Å². The standard InChI is InChI=1S/C21H18N4O8S2.2K/c1-12-18(20(26)24(22-12)14-3-7-16(8-4-14)34(28,29)30)11-19-13(2)23-25(21(19)27)15-5-9-17(10-6-15)35(31,32)33;;/h3-11,18H,1-2H3,(H,28,29,30)(H,31,32,33);;/q;2*+1/p-2/b19-11+;;. The van der Waals surface area contributed by atoms with Crippen LogP contribution in [0.5, 0.6) is 0 Å². The van der Waals surface area contributed by atoms with Gasteiger partial charge in [-0.25, -0.2) is 16.8 Å². The minimum atomic E-state index is -4.65. The fourth-order valence-electron chi connectivity index (χ4n) is 3.52. The summed E-state index contributed by atoms with van der Waals surface area (Å²) in [5, 5.41) is 10.4. The van der Waals surface area contributed by atoms with Gasteiger partial charge in [0.25, 0.3) is 11.8 Å². The van der Waals surface area contributed by atoms with Crippen molar-refractivity contribution in [3.63, 3.8) is 0 Å². The van der Waals surface area contributed by atoms with Gasteiger partial charge in [-0.1, -0.05) is 6.08 Å². The molecule has 2 aliphatic heterocycles. The first-order chi connectivity index (χ1) is 16.3. The molecule has 182 valence electrons. The number of nitrogens with zero attached hydrogens (tertiary/aromatic N) is 4. The third-order valence-electron chi connectivity index (χ3n) is 5.32. The summed E-state index contributed by atoms with van der Waals surface area (Å²) in [4.78, 5) is 25.1. The zero-order valence-electron chi connectivity index (χ0n) is 20.1. The predicted octanol–water partition coefficient (Wildman–Crippen LogP) is -4.81. The van der Waals surface area contributed by atoms with Crippen LogP contribution in [0.3, 0.4) is 0 Å². The Kier molecular flexibility index (Phi) is 11.0. The molecule has 2 aromatic rings. The van der Waals surface area contributed by atoms with Crippen LogP contribution < -0.4 is 113 Å². The molecule has 0 aliphatic carbocycles. The van der Waals surface area contributed by atoms with Crippen molar-refractivity contribution in [1.29, 1.82) is 0 Å². The Morgan fingerprint density at radius 3 is 1.62 bits per heavy atom. The van der Waals surface area contributed by atoms with Crippen molar-refractivity contribution < 1.29 is 138 Å². The van der Waals surface area contributed by atoms with Crippen LogP contribution in [0.25, 0.3) is 0 Å². The van der Waals surface area contributed by atoms with Crippen LogP contribution in [0.1, 0.15) is 13.8 Å². The molecule has 2 amide bonds. The number of hydrazone groups is 2. The molecule has 2 heterocycles. The fraction of sp³-hybridized carbons (Fsp3) is 0.143. The molecular weight excluding hydrogens is 579 g/mol. The Labute approximate surface area is 298 Å². The van der Waals surface area contributed by atoms with E-state index in [-0.39, 0.29) is 120 Å². The van der Waals surface area contributed by atoms with Crippen LogP contribution in [0.15, 0.2) is 80.2 Å². The molecule has 2 aromatic carbocycles. The number of benzene rings is 2. The second kappa shape index (κ2) is 12.4. The third-order valence-corrected chi connectivity index (χ3v) is 7.02. The average molecular weight is 595 g/mol. The molecule has 0 N–H and O–H groups in total. The number of carbonyl (C=O) groups is 2. The minimum absolute atomic E-state index is 0. The smallest absolute Gasteiger partial charge is 0.744 e. The first-order valence-electron chi connectivity index (χ1n) is 9.90. The van der Waals surface area contributed by atoms with Gasteiger partial charge in [-0.05, 0) is 62.4 Å². The maximum absolute atomic E-state index is 13.0. The Hall–Kier alpha value is -0.447. The van der Waals surface area contributed by atoms with E-state index in [0.29, 0.717) is 11.4 Å². The number of carbonyl (C=O) groups excluding carboxylic acids is 2. The Bertz CT molecular complexity index is 1550. The van der Waals surface area contributed by atoms with Gasteiger partial charge in [-0.2, -0.15) is 20.2 Å². The second-order valence-electron chi connectivity index (χ2n) is 7.65. The first kappa shape index (κ1) is 32.8. The van der Waals surface area contributed by atoms with Gasteiger partial charge in [0.1, 0.15) is 20.2 Å². The molecule has 4 rings (SSSR count). The van der Waals surface area contributed by atoms with Crippen molar-refractivity contribution in [2.24, 2.45) is 16.1 Å². The quantitative estimate of drug-likeness (QED) is 0.188. The molecule has 0 fully saturated rings. The predicted molar refractivity (Wildman–Crippen MR) is 122 cm³/mol. The molecule has 0 radical (unpaired) electrons.